The van der Waals surface area contributed by atoms with Crippen LogP contribution in [0.5, 0.6) is 0 Å². The number of hydrogen-bond donors (Lipinski definition) is 0. The quantitative estimate of drug-likeness (QED) is 0.435. The average Bonchev–Trinajstić information content (AvgIpc) is 2.65. The van der Waals surface area contributed by atoms with E-state index >= 15 is 0 Å². The van der Waals surface area contributed by atoms with Crippen LogP contribution < -0.4 is 0 Å². The van der Waals surface area contributed by atoms with Gasteiger partial charge in [-0.3, -0.25) is 0 Å². The molecule has 154 valence electrons. The summed E-state index contributed by atoms with van der Waals surface area (Å²) in [5.41, 5.74) is 0.671. The Morgan fingerprint density at radius 1 is 1.25 bits per heavy atom. The van der Waals surface area contributed by atoms with Crippen LogP contribution in [0.25, 0.3) is 6.08 Å². The maximum absolute atomic E-state index is 11.9. The van der Waals surface area contributed by atoms with Gasteiger partial charge in [0.1, 0.15) is 5.60 Å². The summed E-state index contributed by atoms with van der Waals surface area (Å²) < 4.78 is 17.3. The number of ether oxygens (including phenoxy) is 3. The summed E-state index contributed by atoms with van der Waals surface area (Å²) in [6.07, 6.45) is 11.1. The van der Waals surface area contributed by atoms with Gasteiger partial charge >= 0.3 is 5.97 Å². The average molecular weight is 387 g/mol. The normalized spacial score (nSPS) is 20.4. The first-order valence-electron chi connectivity index (χ1n) is 10.2. The Bertz CT molecular complexity index is 636. The Morgan fingerprint density at radius 2 is 2.00 bits per heavy atom. The van der Waals surface area contributed by atoms with Crippen LogP contribution in [-0.4, -0.2) is 30.6 Å². The fourth-order valence-electron chi connectivity index (χ4n) is 2.99. The van der Waals surface area contributed by atoms with Crippen molar-refractivity contribution in [1.29, 1.82) is 0 Å². The largest absolute Gasteiger partial charge is 0.457 e. The molecule has 1 fully saturated rings. The Labute approximate surface area is 169 Å². The van der Waals surface area contributed by atoms with Crippen LogP contribution in [0.1, 0.15) is 58.9 Å². The Balaban J connectivity index is 1.99. The van der Waals surface area contributed by atoms with Gasteiger partial charge in [0.25, 0.3) is 0 Å². The molecule has 1 aromatic carbocycles. The fourth-order valence-corrected chi connectivity index (χ4v) is 2.99. The van der Waals surface area contributed by atoms with Gasteiger partial charge in [-0.1, -0.05) is 55.5 Å². The standard InChI is InChI=1S/C24H34O4/c1-19(16-17-20-11-6-5-7-12-20)21(27-23-15-8-9-18-26-23)13-10-14-22(25)28-24(2,3)4/h5-7,10-12,14,16-17,19,21,23H,8-9,13,15,18H2,1-4H3/b14-10+,17-16+/t19-,21+,23?/m1/s1. The molecule has 3 atom stereocenters. The van der Waals surface area contributed by atoms with Crippen molar-refractivity contribution in [3.05, 3.63) is 54.1 Å². The number of rotatable bonds is 8. The van der Waals surface area contributed by atoms with Crippen LogP contribution in [0.4, 0.5) is 0 Å². The van der Waals surface area contributed by atoms with Gasteiger partial charge in [0.05, 0.1) is 6.10 Å². The van der Waals surface area contributed by atoms with E-state index in [1.165, 1.54) is 6.08 Å². The third kappa shape index (κ3) is 8.85. The second-order valence-electron chi connectivity index (χ2n) is 8.27. The molecule has 0 amide bonds. The molecule has 1 heterocycles. The predicted molar refractivity (Wildman–Crippen MR) is 113 cm³/mol. The molecule has 4 nitrogen and oxygen atoms in total. The zero-order chi connectivity index (χ0) is 20.4. The van der Waals surface area contributed by atoms with E-state index in [1.807, 2.05) is 45.0 Å². The third-order valence-electron chi connectivity index (χ3n) is 4.47. The molecular formula is C24H34O4. The molecule has 0 N–H and O–H groups in total. The zero-order valence-corrected chi connectivity index (χ0v) is 17.6. The number of esters is 1. The Morgan fingerprint density at radius 3 is 2.64 bits per heavy atom. The topological polar surface area (TPSA) is 44.8 Å². The van der Waals surface area contributed by atoms with E-state index in [1.54, 1.807) is 0 Å². The molecule has 1 aromatic rings. The van der Waals surface area contributed by atoms with Gasteiger partial charge in [-0.15, -0.1) is 0 Å². The molecular weight excluding hydrogens is 352 g/mol. The van der Waals surface area contributed by atoms with Crippen LogP contribution in [0.2, 0.25) is 0 Å². The predicted octanol–water partition coefficient (Wildman–Crippen LogP) is 5.54. The van der Waals surface area contributed by atoms with E-state index < -0.39 is 5.60 Å². The van der Waals surface area contributed by atoms with Crippen LogP contribution >= 0.6 is 0 Å². The minimum absolute atomic E-state index is 0.0678. The molecule has 1 unspecified atom stereocenters. The summed E-state index contributed by atoms with van der Waals surface area (Å²) in [5, 5.41) is 0. The highest BCUT2D eigenvalue weighted by Crippen LogP contribution is 2.22. The molecule has 0 radical (unpaired) electrons. The maximum Gasteiger partial charge on any atom is 0.330 e. The second-order valence-corrected chi connectivity index (χ2v) is 8.27. The van der Waals surface area contributed by atoms with Gasteiger partial charge in [0.15, 0.2) is 6.29 Å². The highest BCUT2D eigenvalue weighted by molar-refractivity contribution is 5.82. The van der Waals surface area contributed by atoms with Crippen LogP contribution in [-0.2, 0) is 19.0 Å². The van der Waals surface area contributed by atoms with Crippen molar-refractivity contribution in [1.82, 2.24) is 0 Å². The molecule has 4 heteroatoms. The van der Waals surface area contributed by atoms with Crippen molar-refractivity contribution < 1.29 is 19.0 Å². The summed E-state index contributed by atoms with van der Waals surface area (Å²) >= 11 is 0. The van der Waals surface area contributed by atoms with Gasteiger partial charge in [-0.25, -0.2) is 4.79 Å². The van der Waals surface area contributed by atoms with Crippen molar-refractivity contribution in [2.75, 3.05) is 6.61 Å². The van der Waals surface area contributed by atoms with E-state index in [-0.39, 0.29) is 24.3 Å². The maximum atomic E-state index is 11.9. The molecule has 1 saturated heterocycles. The molecule has 0 saturated carbocycles. The van der Waals surface area contributed by atoms with Crippen LogP contribution in [0.3, 0.4) is 0 Å². The first-order valence-corrected chi connectivity index (χ1v) is 10.2. The van der Waals surface area contributed by atoms with E-state index in [0.29, 0.717) is 6.42 Å². The summed E-state index contributed by atoms with van der Waals surface area (Å²) in [4.78, 5) is 11.9. The first-order chi connectivity index (χ1) is 13.3. The van der Waals surface area contributed by atoms with Crippen molar-refractivity contribution in [2.24, 2.45) is 5.92 Å². The summed E-state index contributed by atoms with van der Waals surface area (Å²) in [7, 11) is 0. The van der Waals surface area contributed by atoms with Crippen LogP contribution in [0, 0.1) is 5.92 Å². The van der Waals surface area contributed by atoms with Crippen molar-refractivity contribution in [3.8, 4) is 0 Å². The van der Waals surface area contributed by atoms with Crippen molar-refractivity contribution in [2.45, 2.75) is 71.4 Å². The minimum atomic E-state index is -0.487. The molecule has 0 aliphatic carbocycles. The van der Waals surface area contributed by atoms with Crippen molar-refractivity contribution >= 4 is 12.0 Å². The monoisotopic (exact) mass is 386 g/mol. The molecule has 0 aromatic heterocycles. The van der Waals surface area contributed by atoms with Gasteiger partial charge in [0, 0.05) is 18.6 Å². The summed E-state index contributed by atoms with van der Waals surface area (Å²) in [6, 6.07) is 10.2. The lowest BCUT2D eigenvalue weighted by Crippen LogP contribution is -2.31. The highest BCUT2D eigenvalue weighted by Gasteiger charge is 2.22. The highest BCUT2D eigenvalue weighted by atomic mass is 16.7. The molecule has 1 aliphatic rings. The van der Waals surface area contributed by atoms with Gasteiger partial charge < -0.3 is 14.2 Å². The lowest BCUT2D eigenvalue weighted by molar-refractivity contribution is -0.193. The first kappa shape index (κ1) is 22.4. The van der Waals surface area contributed by atoms with E-state index in [2.05, 4.69) is 31.2 Å². The van der Waals surface area contributed by atoms with Gasteiger partial charge in [-0.2, -0.15) is 0 Å². The Hall–Kier alpha value is -1.91. The summed E-state index contributed by atoms with van der Waals surface area (Å²) in [5.74, 6) is -0.151. The van der Waals surface area contributed by atoms with Crippen molar-refractivity contribution in [3.63, 3.8) is 0 Å². The molecule has 2 rings (SSSR count). The van der Waals surface area contributed by atoms with E-state index in [9.17, 15) is 4.79 Å². The number of carbonyl (C=O) groups is 1. The molecule has 0 bridgehead atoms. The Kier molecular flexibility index (Phi) is 8.94. The van der Waals surface area contributed by atoms with Crippen LogP contribution in [0.15, 0.2) is 48.6 Å². The SMILES string of the molecule is C[C@H](/C=C/c1ccccc1)[C@H](C/C=C/C(=O)OC(C)(C)C)OC1CCCCO1. The third-order valence-corrected chi connectivity index (χ3v) is 4.47. The zero-order valence-electron chi connectivity index (χ0n) is 17.6. The second kappa shape index (κ2) is 11.2. The smallest absolute Gasteiger partial charge is 0.330 e. The number of carbonyl (C=O) groups excluding carboxylic acids is 1. The summed E-state index contributed by atoms with van der Waals surface area (Å²) in [6.45, 7) is 8.47. The minimum Gasteiger partial charge on any atom is -0.457 e. The number of hydrogen-bond acceptors (Lipinski definition) is 4. The molecule has 28 heavy (non-hydrogen) atoms. The lowest BCUT2D eigenvalue weighted by Gasteiger charge is -2.29. The lowest BCUT2D eigenvalue weighted by atomic mass is 9.99. The van der Waals surface area contributed by atoms with E-state index in [4.69, 9.17) is 14.2 Å². The number of benzene rings is 1. The molecule has 0 spiro atoms. The molecule has 1 aliphatic heterocycles. The van der Waals surface area contributed by atoms with E-state index in [0.717, 1.165) is 31.4 Å². The van der Waals surface area contributed by atoms with Gasteiger partial charge in [-0.05, 0) is 52.0 Å². The van der Waals surface area contributed by atoms with Gasteiger partial charge in [0.2, 0.25) is 0 Å². The fraction of sp³-hybridized carbons (Fsp3) is 0.542.